The molecule has 0 aliphatic carbocycles. The number of hydrogen-bond donors (Lipinski definition) is 1. The highest BCUT2D eigenvalue weighted by Gasteiger charge is 1.99. The molecule has 1 aromatic heterocycles. The van der Waals surface area contributed by atoms with Gasteiger partial charge < -0.3 is 4.98 Å². The molecule has 0 unspecified atom stereocenters. The van der Waals surface area contributed by atoms with Gasteiger partial charge in [-0.2, -0.15) is 0 Å². The fourth-order valence-corrected chi connectivity index (χ4v) is 1.14. The first-order chi connectivity index (χ1) is 5.42. The third-order valence-corrected chi connectivity index (χ3v) is 1.66. The Morgan fingerprint density at radius 3 is 3.00 bits per heavy atom. The molecule has 0 spiro atoms. The van der Waals surface area contributed by atoms with Crippen LogP contribution in [0.2, 0.25) is 0 Å². The molecule has 0 amide bonds. The van der Waals surface area contributed by atoms with Gasteiger partial charge in [0.15, 0.2) is 0 Å². The van der Waals surface area contributed by atoms with E-state index in [9.17, 15) is 4.91 Å². The van der Waals surface area contributed by atoms with Crippen molar-refractivity contribution < 1.29 is 0 Å². The number of hydrogen-bond acceptors (Lipinski definition) is 2. The molecule has 3 heteroatoms. The van der Waals surface area contributed by atoms with Crippen LogP contribution in [0, 0.1) is 4.91 Å². The zero-order valence-electron chi connectivity index (χ0n) is 5.74. The second kappa shape index (κ2) is 2.20. The predicted octanol–water partition coefficient (Wildman–Crippen LogP) is 2.57. The van der Waals surface area contributed by atoms with Crippen molar-refractivity contribution in [3.05, 3.63) is 35.4 Å². The lowest BCUT2D eigenvalue weighted by Gasteiger charge is -1.90. The minimum Gasteiger partial charge on any atom is -0.359 e. The number of nitrogens with zero attached hydrogens (tertiary/aromatic N) is 1. The van der Waals surface area contributed by atoms with Gasteiger partial charge in [0.05, 0.1) is 5.52 Å². The number of nitrogens with one attached hydrogen (secondary N) is 1. The molecule has 1 heterocycles. The summed E-state index contributed by atoms with van der Waals surface area (Å²) in [7, 11) is 0. The van der Waals surface area contributed by atoms with Gasteiger partial charge in [-0.1, -0.05) is 12.1 Å². The number of benzene rings is 1. The smallest absolute Gasteiger partial charge is 0.132 e. The van der Waals surface area contributed by atoms with Crippen molar-refractivity contribution in [1.29, 1.82) is 0 Å². The summed E-state index contributed by atoms with van der Waals surface area (Å²) >= 11 is 0. The van der Waals surface area contributed by atoms with Crippen LogP contribution in [0.1, 0.15) is 0 Å². The Balaban J connectivity index is 2.88. The summed E-state index contributed by atoms with van der Waals surface area (Å²) in [6, 6.07) is 7.34. The minimum absolute atomic E-state index is 0.465. The molecule has 0 radical (unpaired) electrons. The number of nitroso groups, excluding NO2 is 1. The van der Waals surface area contributed by atoms with Gasteiger partial charge in [0.25, 0.3) is 0 Å². The van der Waals surface area contributed by atoms with Gasteiger partial charge in [0.1, 0.15) is 5.69 Å². The third-order valence-electron chi connectivity index (χ3n) is 1.66. The summed E-state index contributed by atoms with van der Waals surface area (Å²) in [4.78, 5) is 13.2. The lowest BCUT2D eigenvalue weighted by atomic mass is 10.2. The highest BCUT2D eigenvalue weighted by atomic mass is 16.3. The van der Waals surface area contributed by atoms with E-state index in [4.69, 9.17) is 0 Å². The summed E-state index contributed by atoms with van der Waals surface area (Å²) in [5, 5.41) is 3.91. The van der Waals surface area contributed by atoms with Gasteiger partial charge >= 0.3 is 0 Å². The van der Waals surface area contributed by atoms with Crippen molar-refractivity contribution in [3.63, 3.8) is 0 Å². The van der Waals surface area contributed by atoms with Gasteiger partial charge in [-0.3, -0.25) is 0 Å². The SMILES string of the molecule is O=Nc1cccc2cc[nH]c12. The maximum absolute atomic E-state index is 10.2. The zero-order valence-corrected chi connectivity index (χ0v) is 5.74. The molecule has 1 aromatic carbocycles. The second-order valence-corrected chi connectivity index (χ2v) is 2.31. The van der Waals surface area contributed by atoms with Gasteiger partial charge in [-0.15, -0.1) is 4.91 Å². The summed E-state index contributed by atoms with van der Waals surface area (Å²) in [6.45, 7) is 0. The Hall–Kier alpha value is -1.64. The Bertz CT molecular complexity index is 392. The average Bonchev–Trinajstić information content (AvgIpc) is 2.50. The molecular weight excluding hydrogens is 140 g/mol. The maximum Gasteiger partial charge on any atom is 0.132 e. The van der Waals surface area contributed by atoms with Crippen LogP contribution in [0.25, 0.3) is 10.9 Å². The molecule has 0 aliphatic heterocycles. The Morgan fingerprint density at radius 1 is 1.27 bits per heavy atom. The number of para-hydroxylation sites is 1. The van der Waals surface area contributed by atoms with E-state index in [2.05, 4.69) is 10.2 Å². The Kier molecular flexibility index (Phi) is 1.22. The van der Waals surface area contributed by atoms with Crippen molar-refractivity contribution >= 4 is 16.6 Å². The molecule has 0 saturated heterocycles. The van der Waals surface area contributed by atoms with Crippen LogP contribution in [-0.2, 0) is 0 Å². The monoisotopic (exact) mass is 146 g/mol. The first kappa shape index (κ1) is 6.09. The van der Waals surface area contributed by atoms with E-state index in [1.54, 1.807) is 12.3 Å². The first-order valence-corrected chi connectivity index (χ1v) is 3.31. The molecule has 11 heavy (non-hydrogen) atoms. The molecular formula is C8H6N2O. The highest BCUT2D eigenvalue weighted by molar-refractivity contribution is 5.89. The number of aromatic nitrogens is 1. The van der Waals surface area contributed by atoms with Crippen LogP contribution < -0.4 is 0 Å². The van der Waals surface area contributed by atoms with Crippen LogP contribution in [0.5, 0.6) is 0 Å². The van der Waals surface area contributed by atoms with Crippen molar-refractivity contribution in [3.8, 4) is 0 Å². The standard InChI is InChI=1S/C8H6N2O/c11-10-7-3-1-2-6-4-5-9-8(6)7/h1-5,9H. The number of fused-ring (bicyclic) bond motifs is 1. The van der Waals surface area contributed by atoms with Crippen LogP contribution in [0.4, 0.5) is 5.69 Å². The lowest BCUT2D eigenvalue weighted by Crippen LogP contribution is -1.67. The van der Waals surface area contributed by atoms with E-state index in [-0.39, 0.29) is 0 Å². The Morgan fingerprint density at radius 2 is 2.18 bits per heavy atom. The maximum atomic E-state index is 10.2. The van der Waals surface area contributed by atoms with E-state index in [0.717, 1.165) is 10.9 Å². The summed E-state index contributed by atoms with van der Waals surface area (Å²) in [5.74, 6) is 0. The van der Waals surface area contributed by atoms with E-state index in [1.807, 2.05) is 18.2 Å². The van der Waals surface area contributed by atoms with Crippen molar-refractivity contribution in [1.82, 2.24) is 4.98 Å². The largest absolute Gasteiger partial charge is 0.359 e. The molecule has 3 nitrogen and oxygen atoms in total. The molecule has 0 bridgehead atoms. The quantitative estimate of drug-likeness (QED) is 0.617. The number of H-pyrrole nitrogens is 1. The normalized spacial score (nSPS) is 10.2. The zero-order chi connectivity index (χ0) is 7.68. The fraction of sp³-hybridized carbons (Fsp3) is 0. The van der Waals surface area contributed by atoms with E-state index in [0.29, 0.717) is 5.69 Å². The van der Waals surface area contributed by atoms with Crippen LogP contribution in [-0.4, -0.2) is 4.98 Å². The van der Waals surface area contributed by atoms with Gasteiger partial charge in [-0.05, 0) is 17.3 Å². The molecule has 54 valence electrons. The van der Waals surface area contributed by atoms with Crippen LogP contribution >= 0.6 is 0 Å². The molecule has 2 aromatic rings. The van der Waals surface area contributed by atoms with Gasteiger partial charge in [0, 0.05) is 11.6 Å². The van der Waals surface area contributed by atoms with Gasteiger partial charge in [-0.25, -0.2) is 0 Å². The molecule has 2 rings (SSSR count). The minimum atomic E-state index is 0.465. The van der Waals surface area contributed by atoms with Crippen molar-refractivity contribution in [2.24, 2.45) is 5.18 Å². The van der Waals surface area contributed by atoms with Crippen molar-refractivity contribution in [2.75, 3.05) is 0 Å². The first-order valence-electron chi connectivity index (χ1n) is 3.31. The molecule has 0 fully saturated rings. The Labute approximate surface area is 63.0 Å². The predicted molar refractivity (Wildman–Crippen MR) is 43.8 cm³/mol. The summed E-state index contributed by atoms with van der Waals surface area (Å²) in [5.41, 5.74) is 1.27. The van der Waals surface area contributed by atoms with E-state index >= 15 is 0 Å². The molecule has 1 N–H and O–H groups in total. The fourth-order valence-electron chi connectivity index (χ4n) is 1.14. The summed E-state index contributed by atoms with van der Waals surface area (Å²) in [6.07, 6.45) is 1.79. The second-order valence-electron chi connectivity index (χ2n) is 2.31. The van der Waals surface area contributed by atoms with Crippen LogP contribution in [0.15, 0.2) is 35.6 Å². The van der Waals surface area contributed by atoms with E-state index < -0.39 is 0 Å². The topological polar surface area (TPSA) is 45.2 Å². The highest BCUT2D eigenvalue weighted by Crippen LogP contribution is 2.23. The molecule has 0 saturated carbocycles. The molecule has 0 aliphatic rings. The number of rotatable bonds is 1. The van der Waals surface area contributed by atoms with Gasteiger partial charge in [0.2, 0.25) is 0 Å². The van der Waals surface area contributed by atoms with Crippen LogP contribution in [0.3, 0.4) is 0 Å². The molecule has 0 atom stereocenters. The summed E-state index contributed by atoms with van der Waals surface area (Å²) < 4.78 is 0. The van der Waals surface area contributed by atoms with Crippen molar-refractivity contribution in [2.45, 2.75) is 0 Å². The third kappa shape index (κ3) is 0.816. The van der Waals surface area contributed by atoms with E-state index in [1.165, 1.54) is 0 Å². The lowest BCUT2D eigenvalue weighted by molar-refractivity contribution is 1.44. The average molecular weight is 146 g/mol. The number of aromatic amines is 1.